The molecule has 1 atom stereocenters. The van der Waals surface area contributed by atoms with Crippen molar-refractivity contribution in [3.8, 4) is 0 Å². The standard InChI is InChI=1S/C16H24N4O2/c1-16(6-2-3-11-22-16)15(21)19-13-4-9-20(10-5-13)14-12-17-7-8-18-14/h7-8,12-13H,2-6,9-11H2,1H3,(H,19,21)/t16-/m1/s1. The first kappa shape index (κ1) is 15.2. The molecule has 1 aromatic heterocycles. The Bertz CT molecular complexity index is 494. The predicted octanol–water partition coefficient (Wildman–Crippen LogP) is 1.52. The van der Waals surface area contributed by atoms with E-state index < -0.39 is 5.60 Å². The fourth-order valence-corrected chi connectivity index (χ4v) is 3.16. The Hall–Kier alpha value is -1.69. The van der Waals surface area contributed by atoms with Gasteiger partial charge >= 0.3 is 0 Å². The zero-order valence-electron chi connectivity index (χ0n) is 13.1. The lowest BCUT2D eigenvalue weighted by molar-refractivity contribution is -0.151. The van der Waals surface area contributed by atoms with Gasteiger partial charge in [0.15, 0.2) is 0 Å². The molecule has 0 spiro atoms. The number of rotatable bonds is 3. The van der Waals surface area contributed by atoms with Gasteiger partial charge in [0.2, 0.25) is 0 Å². The molecule has 0 aliphatic carbocycles. The molecule has 0 bridgehead atoms. The molecule has 2 aliphatic heterocycles. The Balaban J connectivity index is 1.50. The molecule has 2 saturated heterocycles. The van der Waals surface area contributed by atoms with Gasteiger partial charge in [0, 0.05) is 38.1 Å². The van der Waals surface area contributed by atoms with Crippen molar-refractivity contribution < 1.29 is 9.53 Å². The quantitative estimate of drug-likeness (QED) is 0.917. The Labute approximate surface area is 131 Å². The van der Waals surface area contributed by atoms with E-state index in [9.17, 15) is 4.79 Å². The highest BCUT2D eigenvalue weighted by atomic mass is 16.5. The van der Waals surface area contributed by atoms with Crippen LogP contribution in [0.15, 0.2) is 18.6 Å². The van der Waals surface area contributed by atoms with E-state index in [4.69, 9.17) is 4.74 Å². The molecule has 0 radical (unpaired) electrons. The highest BCUT2D eigenvalue weighted by Crippen LogP contribution is 2.25. The van der Waals surface area contributed by atoms with E-state index in [1.165, 1.54) is 0 Å². The molecule has 3 rings (SSSR count). The molecule has 2 aliphatic rings. The van der Waals surface area contributed by atoms with Gasteiger partial charge in [-0.1, -0.05) is 0 Å². The third kappa shape index (κ3) is 3.38. The third-order valence-electron chi connectivity index (χ3n) is 4.65. The minimum atomic E-state index is -0.639. The second-order valence-corrected chi connectivity index (χ2v) is 6.33. The average Bonchev–Trinajstić information content (AvgIpc) is 2.57. The molecule has 1 amide bonds. The topological polar surface area (TPSA) is 67.4 Å². The van der Waals surface area contributed by atoms with Crippen LogP contribution in [0.1, 0.15) is 39.0 Å². The van der Waals surface area contributed by atoms with Gasteiger partial charge in [-0.3, -0.25) is 9.78 Å². The Kier molecular flexibility index (Phi) is 4.57. The minimum Gasteiger partial charge on any atom is -0.365 e. The van der Waals surface area contributed by atoms with E-state index in [0.29, 0.717) is 6.61 Å². The van der Waals surface area contributed by atoms with Crippen LogP contribution in [0, 0.1) is 0 Å². The summed E-state index contributed by atoms with van der Waals surface area (Å²) in [5, 5.41) is 3.17. The summed E-state index contributed by atoms with van der Waals surface area (Å²) in [7, 11) is 0. The Morgan fingerprint density at radius 1 is 1.36 bits per heavy atom. The lowest BCUT2D eigenvalue weighted by Crippen LogP contribution is -2.53. The smallest absolute Gasteiger partial charge is 0.252 e. The van der Waals surface area contributed by atoms with E-state index in [1.807, 2.05) is 6.92 Å². The van der Waals surface area contributed by atoms with E-state index in [-0.39, 0.29) is 11.9 Å². The first-order chi connectivity index (χ1) is 10.7. The largest absolute Gasteiger partial charge is 0.365 e. The van der Waals surface area contributed by atoms with Crippen LogP contribution in [-0.2, 0) is 9.53 Å². The molecule has 1 aromatic rings. The fraction of sp³-hybridized carbons (Fsp3) is 0.688. The van der Waals surface area contributed by atoms with Gasteiger partial charge in [0.05, 0.1) is 6.20 Å². The predicted molar refractivity (Wildman–Crippen MR) is 83.6 cm³/mol. The van der Waals surface area contributed by atoms with Crippen LogP contribution in [0.25, 0.3) is 0 Å². The number of piperidine rings is 1. The summed E-state index contributed by atoms with van der Waals surface area (Å²) in [6.45, 7) is 4.38. The molecule has 6 nitrogen and oxygen atoms in total. The van der Waals surface area contributed by atoms with Crippen LogP contribution in [-0.4, -0.2) is 47.2 Å². The van der Waals surface area contributed by atoms with Crippen LogP contribution >= 0.6 is 0 Å². The van der Waals surface area contributed by atoms with Crippen molar-refractivity contribution in [2.45, 2.75) is 50.7 Å². The highest BCUT2D eigenvalue weighted by Gasteiger charge is 2.37. The zero-order chi connectivity index (χ0) is 15.4. The summed E-state index contributed by atoms with van der Waals surface area (Å²) in [4.78, 5) is 23.1. The minimum absolute atomic E-state index is 0.0464. The van der Waals surface area contributed by atoms with Crippen molar-refractivity contribution >= 4 is 11.7 Å². The molecule has 0 saturated carbocycles. The maximum Gasteiger partial charge on any atom is 0.252 e. The SMILES string of the molecule is C[C@]1(C(=O)NC2CCN(c3cnccn3)CC2)CCCCO1. The lowest BCUT2D eigenvalue weighted by atomic mass is 9.94. The van der Waals surface area contributed by atoms with Crippen LogP contribution in [0.2, 0.25) is 0 Å². The average molecular weight is 304 g/mol. The second kappa shape index (κ2) is 6.60. The number of aromatic nitrogens is 2. The van der Waals surface area contributed by atoms with Gasteiger partial charge in [-0.2, -0.15) is 0 Å². The highest BCUT2D eigenvalue weighted by molar-refractivity contribution is 5.85. The van der Waals surface area contributed by atoms with Gasteiger partial charge in [0.25, 0.3) is 5.91 Å². The van der Waals surface area contributed by atoms with Gasteiger partial charge in [-0.05, 0) is 39.0 Å². The number of carbonyl (C=O) groups is 1. The summed E-state index contributed by atoms with van der Waals surface area (Å²) in [5.41, 5.74) is -0.639. The Morgan fingerprint density at radius 3 is 2.82 bits per heavy atom. The molecule has 2 fully saturated rings. The number of hydrogen-bond donors (Lipinski definition) is 1. The molecule has 1 N–H and O–H groups in total. The summed E-state index contributed by atoms with van der Waals surface area (Å²) in [6, 6.07) is 0.225. The number of nitrogens with zero attached hydrogens (tertiary/aromatic N) is 3. The van der Waals surface area contributed by atoms with Crippen LogP contribution in [0.5, 0.6) is 0 Å². The van der Waals surface area contributed by atoms with E-state index in [1.54, 1.807) is 18.6 Å². The molecule has 0 unspecified atom stereocenters. The first-order valence-electron chi connectivity index (χ1n) is 8.13. The second-order valence-electron chi connectivity index (χ2n) is 6.33. The maximum absolute atomic E-state index is 12.5. The van der Waals surface area contributed by atoms with E-state index in [2.05, 4.69) is 20.2 Å². The lowest BCUT2D eigenvalue weighted by Gasteiger charge is -2.37. The van der Waals surface area contributed by atoms with E-state index >= 15 is 0 Å². The zero-order valence-corrected chi connectivity index (χ0v) is 13.1. The van der Waals surface area contributed by atoms with Crippen molar-refractivity contribution in [3.05, 3.63) is 18.6 Å². The number of nitrogens with one attached hydrogen (secondary N) is 1. The number of ether oxygens (including phenoxy) is 1. The number of anilines is 1. The maximum atomic E-state index is 12.5. The van der Waals surface area contributed by atoms with Crippen molar-refractivity contribution in [1.82, 2.24) is 15.3 Å². The molecular weight excluding hydrogens is 280 g/mol. The van der Waals surface area contributed by atoms with Gasteiger partial charge in [0.1, 0.15) is 11.4 Å². The van der Waals surface area contributed by atoms with Crippen LogP contribution < -0.4 is 10.2 Å². The fourth-order valence-electron chi connectivity index (χ4n) is 3.16. The summed E-state index contributed by atoms with van der Waals surface area (Å²) < 4.78 is 5.72. The van der Waals surface area contributed by atoms with Crippen LogP contribution in [0.4, 0.5) is 5.82 Å². The van der Waals surface area contributed by atoms with Crippen molar-refractivity contribution in [2.24, 2.45) is 0 Å². The summed E-state index contributed by atoms with van der Waals surface area (Å²) in [6.07, 6.45) is 9.98. The molecule has 22 heavy (non-hydrogen) atoms. The van der Waals surface area contributed by atoms with Crippen LogP contribution in [0.3, 0.4) is 0 Å². The summed E-state index contributed by atoms with van der Waals surface area (Å²) >= 11 is 0. The number of amides is 1. The normalized spacial score (nSPS) is 26.7. The van der Waals surface area contributed by atoms with E-state index in [0.717, 1.165) is 51.0 Å². The number of hydrogen-bond acceptors (Lipinski definition) is 5. The molecule has 0 aromatic carbocycles. The van der Waals surface area contributed by atoms with Gasteiger partial charge in [-0.15, -0.1) is 0 Å². The van der Waals surface area contributed by atoms with Gasteiger partial charge in [-0.25, -0.2) is 4.98 Å². The molecule has 6 heteroatoms. The van der Waals surface area contributed by atoms with Gasteiger partial charge < -0.3 is 15.0 Å². The number of carbonyl (C=O) groups excluding carboxylic acids is 1. The van der Waals surface area contributed by atoms with Crippen molar-refractivity contribution in [3.63, 3.8) is 0 Å². The first-order valence-corrected chi connectivity index (χ1v) is 8.13. The summed E-state index contributed by atoms with van der Waals surface area (Å²) in [5.74, 6) is 0.958. The van der Waals surface area contributed by atoms with Crippen molar-refractivity contribution in [2.75, 3.05) is 24.6 Å². The molecule has 120 valence electrons. The molecular formula is C16H24N4O2. The monoisotopic (exact) mass is 304 g/mol. The molecule has 3 heterocycles. The third-order valence-corrected chi connectivity index (χ3v) is 4.65. The van der Waals surface area contributed by atoms with Crippen molar-refractivity contribution in [1.29, 1.82) is 0 Å². The Morgan fingerprint density at radius 2 is 2.18 bits per heavy atom.